The van der Waals surface area contributed by atoms with Gasteiger partial charge in [-0.2, -0.15) is 13.2 Å². The first kappa shape index (κ1) is 31.2. The predicted octanol–water partition coefficient (Wildman–Crippen LogP) is 10.1. The van der Waals surface area contributed by atoms with Gasteiger partial charge < -0.3 is 9.47 Å². The molecule has 0 unspecified atom stereocenters. The smallest absolute Gasteiger partial charge is 0.422 e. The highest BCUT2D eigenvalue weighted by Crippen LogP contribution is 2.33. The van der Waals surface area contributed by atoms with E-state index in [9.17, 15) is 26.3 Å². The van der Waals surface area contributed by atoms with E-state index in [2.05, 4.69) is 11.7 Å². The summed E-state index contributed by atoms with van der Waals surface area (Å²) in [5.41, 5.74) is 0.804. The van der Waals surface area contributed by atoms with Crippen LogP contribution in [0.15, 0.2) is 60.7 Å². The Bertz CT molecular complexity index is 1490. The van der Waals surface area contributed by atoms with Gasteiger partial charge in [0, 0.05) is 17.5 Å². The van der Waals surface area contributed by atoms with E-state index in [1.807, 2.05) is 0 Å². The molecule has 0 bridgehead atoms. The molecular weight excluding hydrogens is 561 g/mol. The molecular formula is C33H31F7O2. The quantitative estimate of drug-likeness (QED) is 0.114. The largest absolute Gasteiger partial charge is 0.493 e. The van der Waals surface area contributed by atoms with Gasteiger partial charge in [-0.15, -0.1) is 0 Å². The van der Waals surface area contributed by atoms with Gasteiger partial charge in [-0.3, -0.25) is 0 Å². The number of hydrogen-bond acceptors (Lipinski definition) is 2. The zero-order valence-corrected chi connectivity index (χ0v) is 23.1. The molecule has 4 rings (SSSR count). The number of aryl methyl sites for hydroxylation is 2. The molecule has 0 amide bonds. The fourth-order valence-corrected chi connectivity index (χ4v) is 4.75. The van der Waals surface area contributed by atoms with Gasteiger partial charge in [0.2, 0.25) is 0 Å². The topological polar surface area (TPSA) is 18.5 Å². The maximum Gasteiger partial charge on any atom is 0.422 e. The molecule has 0 aliphatic heterocycles. The second-order valence-electron chi connectivity index (χ2n) is 10.2. The van der Waals surface area contributed by atoms with Crippen molar-refractivity contribution in [1.29, 1.82) is 0 Å². The lowest BCUT2D eigenvalue weighted by molar-refractivity contribution is -0.153. The molecule has 9 heteroatoms. The van der Waals surface area contributed by atoms with Crippen LogP contribution in [0.5, 0.6) is 11.5 Å². The van der Waals surface area contributed by atoms with Crippen molar-refractivity contribution >= 4 is 10.8 Å². The van der Waals surface area contributed by atoms with Crippen LogP contribution in [-0.4, -0.2) is 19.4 Å². The van der Waals surface area contributed by atoms with Gasteiger partial charge in [0.25, 0.3) is 0 Å². The average Bonchev–Trinajstić information content (AvgIpc) is 2.93. The van der Waals surface area contributed by atoms with Crippen LogP contribution >= 0.6 is 0 Å². The monoisotopic (exact) mass is 592 g/mol. The van der Waals surface area contributed by atoms with Gasteiger partial charge in [-0.25, -0.2) is 17.6 Å². The first-order valence-corrected chi connectivity index (χ1v) is 13.9. The Hall–Kier alpha value is -3.75. The third-order valence-corrected chi connectivity index (χ3v) is 6.93. The average molecular weight is 593 g/mol. The summed E-state index contributed by atoms with van der Waals surface area (Å²) < 4.78 is 106. The summed E-state index contributed by atoms with van der Waals surface area (Å²) in [7, 11) is 0. The Morgan fingerprint density at radius 3 is 2.12 bits per heavy atom. The highest BCUT2D eigenvalue weighted by atomic mass is 19.4. The highest BCUT2D eigenvalue weighted by molar-refractivity contribution is 5.88. The minimum atomic E-state index is -4.59. The maximum atomic E-state index is 15.3. The van der Waals surface area contributed by atoms with E-state index in [-0.39, 0.29) is 35.1 Å². The van der Waals surface area contributed by atoms with Crippen LogP contribution in [0.4, 0.5) is 30.7 Å². The Labute approximate surface area is 240 Å². The van der Waals surface area contributed by atoms with E-state index in [0.29, 0.717) is 23.1 Å². The van der Waals surface area contributed by atoms with Gasteiger partial charge in [0.15, 0.2) is 18.2 Å². The summed E-state index contributed by atoms with van der Waals surface area (Å²) in [6.07, 6.45) is 0.959. The van der Waals surface area contributed by atoms with Crippen molar-refractivity contribution in [3.05, 3.63) is 95.1 Å². The molecule has 0 heterocycles. The zero-order chi connectivity index (χ0) is 30.3. The Kier molecular flexibility index (Phi) is 10.4. The molecule has 42 heavy (non-hydrogen) atoms. The first-order chi connectivity index (χ1) is 20.1. The molecule has 224 valence electrons. The molecule has 0 aliphatic carbocycles. The third kappa shape index (κ3) is 8.17. The Morgan fingerprint density at radius 1 is 0.690 bits per heavy atom. The molecule has 0 aliphatic rings. The molecule has 0 aromatic heterocycles. The van der Waals surface area contributed by atoms with Crippen molar-refractivity contribution in [2.45, 2.75) is 58.0 Å². The van der Waals surface area contributed by atoms with Crippen molar-refractivity contribution in [1.82, 2.24) is 0 Å². The normalized spacial score (nSPS) is 11.7. The minimum absolute atomic E-state index is 0.115. The Morgan fingerprint density at radius 2 is 1.43 bits per heavy atom. The van der Waals surface area contributed by atoms with Crippen LogP contribution < -0.4 is 9.47 Å². The number of ether oxygens (including phenoxy) is 2. The van der Waals surface area contributed by atoms with Gasteiger partial charge in [0.1, 0.15) is 23.2 Å². The number of rotatable bonds is 13. The van der Waals surface area contributed by atoms with E-state index in [0.717, 1.165) is 56.4 Å². The molecule has 0 saturated heterocycles. The molecule has 0 atom stereocenters. The molecule has 0 spiro atoms. The third-order valence-electron chi connectivity index (χ3n) is 6.93. The molecule has 0 saturated carbocycles. The number of unbranched alkanes of at least 4 members (excludes halogenated alkanes) is 4. The van der Waals surface area contributed by atoms with Crippen LogP contribution in [0, 0.1) is 23.3 Å². The summed E-state index contributed by atoms with van der Waals surface area (Å²) in [6.45, 7) is 0.886. The first-order valence-electron chi connectivity index (χ1n) is 13.9. The van der Waals surface area contributed by atoms with Gasteiger partial charge in [-0.05, 0) is 59.5 Å². The van der Waals surface area contributed by atoms with Crippen LogP contribution in [0.2, 0.25) is 0 Å². The van der Waals surface area contributed by atoms with Gasteiger partial charge >= 0.3 is 6.18 Å². The van der Waals surface area contributed by atoms with Crippen molar-refractivity contribution in [3.63, 3.8) is 0 Å². The van der Waals surface area contributed by atoms with Crippen LogP contribution in [0.3, 0.4) is 0 Å². The molecule has 2 nitrogen and oxygen atoms in total. The van der Waals surface area contributed by atoms with Crippen LogP contribution in [0.1, 0.15) is 50.2 Å². The maximum absolute atomic E-state index is 15.3. The molecule has 0 radical (unpaired) electrons. The fourth-order valence-electron chi connectivity index (χ4n) is 4.75. The number of fused-ring (bicyclic) bond motifs is 1. The predicted molar refractivity (Wildman–Crippen MR) is 149 cm³/mol. The molecule has 0 fully saturated rings. The molecule has 0 N–H and O–H groups in total. The number of alkyl halides is 3. The second kappa shape index (κ2) is 13.9. The number of benzene rings is 4. The summed E-state index contributed by atoms with van der Waals surface area (Å²) in [4.78, 5) is 0. The van der Waals surface area contributed by atoms with E-state index >= 15 is 4.39 Å². The summed E-state index contributed by atoms with van der Waals surface area (Å²) in [5, 5.41) is 0.694. The SMILES string of the molecule is CCCCCCCOc1cc(F)c(-c2ccc3c(F)c(CCc4ccc(OCC(F)(F)F)c(F)c4)ccc3c2)c(F)c1. The lowest BCUT2D eigenvalue weighted by Crippen LogP contribution is -2.19. The fraction of sp³-hybridized carbons (Fsp3) is 0.333. The summed E-state index contributed by atoms with van der Waals surface area (Å²) in [5.74, 6) is -3.43. The number of halogens is 7. The van der Waals surface area contributed by atoms with Gasteiger partial charge in [0.05, 0.1) is 12.2 Å². The Balaban J connectivity index is 1.44. The summed E-state index contributed by atoms with van der Waals surface area (Å²) >= 11 is 0. The highest BCUT2D eigenvalue weighted by Gasteiger charge is 2.29. The van der Waals surface area contributed by atoms with E-state index in [1.54, 1.807) is 12.1 Å². The van der Waals surface area contributed by atoms with Crippen molar-refractivity contribution in [3.8, 4) is 22.6 Å². The van der Waals surface area contributed by atoms with Crippen LogP contribution in [0.25, 0.3) is 21.9 Å². The lowest BCUT2D eigenvalue weighted by Gasteiger charge is -2.12. The number of hydrogen-bond donors (Lipinski definition) is 0. The summed E-state index contributed by atoms with van der Waals surface area (Å²) in [6, 6.07) is 13.5. The molecule has 4 aromatic rings. The molecule has 4 aromatic carbocycles. The van der Waals surface area contributed by atoms with Crippen molar-refractivity contribution < 1.29 is 40.2 Å². The zero-order valence-electron chi connectivity index (χ0n) is 23.1. The van der Waals surface area contributed by atoms with Gasteiger partial charge in [-0.1, -0.05) is 62.9 Å². The van der Waals surface area contributed by atoms with E-state index in [4.69, 9.17) is 4.74 Å². The van der Waals surface area contributed by atoms with Crippen LogP contribution in [-0.2, 0) is 12.8 Å². The van der Waals surface area contributed by atoms with E-state index in [1.165, 1.54) is 24.3 Å². The van der Waals surface area contributed by atoms with Crippen molar-refractivity contribution in [2.24, 2.45) is 0 Å². The second-order valence-corrected chi connectivity index (χ2v) is 10.2. The lowest BCUT2D eigenvalue weighted by atomic mass is 9.96. The van der Waals surface area contributed by atoms with E-state index < -0.39 is 41.8 Å². The van der Waals surface area contributed by atoms with Crippen molar-refractivity contribution in [2.75, 3.05) is 13.2 Å². The minimum Gasteiger partial charge on any atom is -0.493 e. The standard InChI is InChI=1S/C33H31F7O2/c1-2-3-4-5-6-15-41-25-18-28(35)31(29(36)19-25)24-12-13-26-23(17-24)11-10-22(32(26)37)9-7-21-8-14-30(27(34)16-21)42-20-33(38,39)40/h8,10-14,16-19H,2-7,9,15,20H2,1H3.